The van der Waals surface area contributed by atoms with Gasteiger partial charge in [-0.3, -0.25) is 9.59 Å². The number of para-hydroxylation sites is 1. The summed E-state index contributed by atoms with van der Waals surface area (Å²) in [4.78, 5) is 28.2. The molecule has 1 aromatic heterocycles. The van der Waals surface area contributed by atoms with E-state index in [1.807, 2.05) is 0 Å². The average molecular weight is 647 g/mol. The third kappa shape index (κ3) is 8.09. The number of hydrogen-bond acceptors (Lipinski definition) is 11. The molecule has 2 atom stereocenters. The Bertz CT molecular complexity index is 1640. The number of carbonyl (C=O) groups is 1. The molecule has 0 aliphatic carbocycles. The number of allylic oxidation sites excluding steroid dienone is 1. The predicted molar refractivity (Wildman–Crippen MR) is 163 cm³/mol. The highest BCUT2D eigenvalue weighted by molar-refractivity contribution is 7.89. The number of likely N-dealkylation sites (N-methyl/N-ethyl adjacent to an activating group) is 1. The minimum Gasteiger partial charge on any atom is -0.497 e. The lowest BCUT2D eigenvalue weighted by molar-refractivity contribution is -0.158. The molecule has 0 bridgehead atoms. The third-order valence-electron chi connectivity index (χ3n) is 7.36. The van der Waals surface area contributed by atoms with Crippen LogP contribution in [0.5, 0.6) is 5.75 Å². The number of ether oxygens (including phenoxy) is 5. The summed E-state index contributed by atoms with van der Waals surface area (Å²) in [6, 6.07) is 12.7. The molecule has 0 fully saturated rings. The fourth-order valence-electron chi connectivity index (χ4n) is 4.86. The van der Waals surface area contributed by atoms with Crippen LogP contribution < -0.4 is 10.2 Å². The van der Waals surface area contributed by atoms with Gasteiger partial charge >= 0.3 is 0 Å². The second kappa shape index (κ2) is 15.5. The van der Waals surface area contributed by atoms with Crippen molar-refractivity contribution in [2.75, 3.05) is 61.2 Å². The first-order chi connectivity index (χ1) is 21.6. The molecular formula is C31H38N2O11S. The fraction of sp³-hybridized carbons (Fsp3) is 0.419. The van der Waals surface area contributed by atoms with Gasteiger partial charge in [0.1, 0.15) is 11.3 Å². The number of amides is 1. The quantitative estimate of drug-likeness (QED) is 0.242. The molecule has 4 rings (SSSR count). The largest absolute Gasteiger partial charge is 0.497 e. The Morgan fingerprint density at radius 3 is 2.44 bits per heavy atom. The Hall–Kier alpha value is -3.79. The minimum absolute atomic E-state index is 0.0260. The van der Waals surface area contributed by atoms with Gasteiger partial charge in [-0.15, -0.1) is 0 Å². The SMILES string of the molecule is COc1ccc(S(=O)(=O)N(CCO)CCO[C@H]2C[C@@H](c3coc4ccccc4c3=O)C=C(C(=O)N(C)CC(OC)OC)O2)cc1. The Balaban J connectivity index is 1.56. The zero-order chi connectivity index (χ0) is 32.6. The average Bonchev–Trinajstić information content (AvgIpc) is 3.06. The third-order valence-corrected chi connectivity index (χ3v) is 9.27. The molecule has 14 heteroatoms. The molecule has 2 heterocycles. The topological polar surface area (TPSA) is 154 Å². The van der Waals surface area contributed by atoms with Crippen LogP contribution in [0, 0.1) is 0 Å². The number of hydrogen-bond donors (Lipinski definition) is 1. The van der Waals surface area contributed by atoms with E-state index in [-0.39, 0.29) is 48.7 Å². The molecule has 0 spiro atoms. The van der Waals surface area contributed by atoms with E-state index in [9.17, 15) is 23.1 Å². The molecule has 13 nitrogen and oxygen atoms in total. The first-order valence-corrected chi connectivity index (χ1v) is 15.6. The number of sulfonamides is 1. The lowest BCUT2D eigenvalue weighted by atomic mass is 9.93. The standard InChI is InChI=1S/C31H38N2O11S/c1-32(19-29(40-3)41-4)31(36)27-17-21(25-20-43-26-8-6-5-7-24(26)30(25)35)18-28(44-27)42-16-14-33(13-15-34)45(37,38)23-11-9-22(39-2)10-12-23/h5-12,17,20-21,28-29,34H,13-16,18-19H2,1-4H3/t21-,28+/m0/s1. The predicted octanol–water partition coefficient (Wildman–Crippen LogP) is 2.29. The minimum atomic E-state index is -3.98. The van der Waals surface area contributed by atoms with Crippen LogP contribution in [-0.2, 0) is 33.8 Å². The van der Waals surface area contributed by atoms with Crippen LogP contribution in [0.25, 0.3) is 11.0 Å². The van der Waals surface area contributed by atoms with Crippen molar-refractivity contribution in [3.05, 3.63) is 82.4 Å². The molecule has 0 saturated heterocycles. The summed E-state index contributed by atoms with van der Waals surface area (Å²) in [7, 11) is 1.97. The van der Waals surface area contributed by atoms with Gasteiger partial charge in [-0.1, -0.05) is 12.1 Å². The molecule has 1 aliphatic rings. The first kappa shape index (κ1) is 34.1. The second-order valence-corrected chi connectivity index (χ2v) is 12.1. The summed E-state index contributed by atoms with van der Waals surface area (Å²) < 4.78 is 60.9. The maximum atomic E-state index is 13.4. The molecule has 1 amide bonds. The second-order valence-electron chi connectivity index (χ2n) is 10.2. The molecule has 0 saturated carbocycles. The van der Waals surface area contributed by atoms with Crippen molar-refractivity contribution >= 4 is 26.9 Å². The van der Waals surface area contributed by atoms with Crippen molar-refractivity contribution in [1.82, 2.24) is 9.21 Å². The normalized spacial score (nSPS) is 16.9. The van der Waals surface area contributed by atoms with Gasteiger partial charge in [-0.05, 0) is 42.5 Å². The Kier molecular flexibility index (Phi) is 11.7. The maximum absolute atomic E-state index is 13.4. The van der Waals surface area contributed by atoms with Crippen molar-refractivity contribution in [1.29, 1.82) is 0 Å². The molecule has 0 radical (unpaired) electrons. The van der Waals surface area contributed by atoms with Crippen molar-refractivity contribution in [2.45, 2.75) is 29.8 Å². The molecule has 2 aromatic carbocycles. The van der Waals surface area contributed by atoms with E-state index < -0.39 is 41.0 Å². The zero-order valence-corrected chi connectivity index (χ0v) is 26.4. The number of methoxy groups -OCH3 is 3. The number of aliphatic hydroxyl groups excluding tert-OH is 1. The van der Waals surface area contributed by atoms with Gasteiger partial charge in [0.05, 0.1) is 43.4 Å². The molecular weight excluding hydrogens is 608 g/mol. The van der Waals surface area contributed by atoms with Gasteiger partial charge in [0, 0.05) is 52.3 Å². The molecule has 244 valence electrons. The summed E-state index contributed by atoms with van der Waals surface area (Å²) in [5.74, 6) is -0.675. The number of nitrogens with zero attached hydrogens (tertiary/aromatic N) is 2. The highest BCUT2D eigenvalue weighted by Crippen LogP contribution is 2.32. The summed E-state index contributed by atoms with van der Waals surface area (Å²) in [5.41, 5.74) is 0.491. The van der Waals surface area contributed by atoms with Crippen molar-refractivity contribution in [2.24, 2.45) is 0 Å². The molecule has 0 unspecified atom stereocenters. The van der Waals surface area contributed by atoms with Crippen LogP contribution in [0.3, 0.4) is 0 Å². The monoisotopic (exact) mass is 646 g/mol. The lowest BCUT2D eigenvalue weighted by Crippen LogP contribution is -2.40. The molecule has 1 N–H and O–H groups in total. The Labute approximate surface area is 261 Å². The zero-order valence-electron chi connectivity index (χ0n) is 25.6. The van der Waals surface area contributed by atoms with Crippen molar-refractivity contribution in [3.8, 4) is 5.75 Å². The van der Waals surface area contributed by atoms with E-state index in [0.717, 1.165) is 4.31 Å². The van der Waals surface area contributed by atoms with E-state index in [1.165, 1.54) is 56.8 Å². The van der Waals surface area contributed by atoms with Gasteiger partial charge in [-0.2, -0.15) is 4.31 Å². The number of carbonyl (C=O) groups excluding carboxylic acids is 1. The van der Waals surface area contributed by atoms with Gasteiger partial charge < -0.3 is 38.1 Å². The van der Waals surface area contributed by atoms with Crippen LogP contribution in [0.2, 0.25) is 0 Å². The fourth-order valence-corrected chi connectivity index (χ4v) is 6.28. The van der Waals surface area contributed by atoms with Crippen LogP contribution in [-0.4, -0.2) is 102 Å². The number of rotatable bonds is 15. The molecule has 1 aliphatic heterocycles. The Morgan fingerprint density at radius 2 is 1.78 bits per heavy atom. The summed E-state index contributed by atoms with van der Waals surface area (Å²) in [6.45, 7) is -0.731. The van der Waals surface area contributed by atoms with E-state index >= 15 is 0 Å². The van der Waals surface area contributed by atoms with Crippen LogP contribution >= 0.6 is 0 Å². The summed E-state index contributed by atoms with van der Waals surface area (Å²) >= 11 is 0. The molecule has 45 heavy (non-hydrogen) atoms. The van der Waals surface area contributed by atoms with Crippen LogP contribution in [0.1, 0.15) is 17.9 Å². The van der Waals surface area contributed by atoms with E-state index in [0.29, 0.717) is 22.3 Å². The summed E-state index contributed by atoms with van der Waals surface area (Å²) in [6.07, 6.45) is 1.38. The number of aliphatic hydroxyl groups is 1. The van der Waals surface area contributed by atoms with E-state index in [4.69, 9.17) is 28.1 Å². The highest BCUT2D eigenvalue weighted by atomic mass is 32.2. The smallest absolute Gasteiger partial charge is 0.288 e. The Morgan fingerprint density at radius 1 is 1.07 bits per heavy atom. The lowest BCUT2D eigenvalue weighted by Gasteiger charge is -2.31. The maximum Gasteiger partial charge on any atom is 0.288 e. The highest BCUT2D eigenvalue weighted by Gasteiger charge is 2.33. The van der Waals surface area contributed by atoms with Gasteiger partial charge in [0.2, 0.25) is 16.3 Å². The van der Waals surface area contributed by atoms with Crippen LogP contribution in [0.4, 0.5) is 0 Å². The van der Waals surface area contributed by atoms with Gasteiger partial charge in [0.25, 0.3) is 5.91 Å². The van der Waals surface area contributed by atoms with Crippen molar-refractivity contribution < 1.29 is 46.4 Å². The van der Waals surface area contributed by atoms with Gasteiger partial charge in [0.15, 0.2) is 17.5 Å². The van der Waals surface area contributed by atoms with E-state index in [1.54, 1.807) is 37.4 Å². The number of fused-ring (bicyclic) bond motifs is 1. The molecule has 3 aromatic rings. The van der Waals surface area contributed by atoms with Gasteiger partial charge in [-0.25, -0.2) is 8.42 Å². The van der Waals surface area contributed by atoms with Crippen molar-refractivity contribution in [3.63, 3.8) is 0 Å². The first-order valence-electron chi connectivity index (χ1n) is 14.2. The van der Waals surface area contributed by atoms with Crippen LogP contribution in [0.15, 0.2) is 80.7 Å². The number of benzene rings is 2. The van der Waals surface area contributed by atoms with E-state index in [2.05, 4.69) is 0 Å². The summed E-state index contributed by atoms with van der Waals surface area (Å²) in [5, 5.41) is 9.98.